The lowest BCUT2D eigenvalue weighted by molar-refractivity contribution is 1.17. The van der Waals surface area contributed by atoms with Gasteiger partial charge in [-0.05, 0) is 115 Å². The number of hydrogen-bond acceptors (Lipinski definition) is 2. The molecule has 302 valence electrons. The van der Waals surface area contributed by atoms with E-state index in [1.54, 1.807) is 11.3 Å². The molecule has 4 aromatic heterocycles. The Kier molecular flexibility index (Phi) is 8.48. The number of benzene rings is 9. The molecule has 0 radical (unpaired) electrons. The van der Waals surface area contributed by atoms with Crippen molar-refractivity contribution in [2.45, 2.75) is 19.6 Å². The zero-order valence-corrected chi connectivity index (χ0v) is 36.3. The molecule has 0 amide bonds. The molecule has 4 heterocycles. The average Bonchev–Trinajstić information content (AvgIpc) is 4.02. The van der Waals surface area contributed by atoms with Crippen molar-refractivity contribution in [3.63, 3.8) is 0 Å². The van der Waals surface area contributed by atoms with Crippen LogP contribution in [0.1, 0.15) is 0 Å². The second-order valence-corrected chi connectivity index (χ2v) is 20.5. The molecule has 3 nitrogen and oxygen atoms in total. The molecule has 0 bridgehead atoms. The maximum Gasteiger partial charge on any atom is 0.124 e. The van der Waals surface area contributed by atoms with E-state index in [1.165, 1.54) is 78.7 Å². The summed E-state index contributed by atoms with van der Waals surface area (Å²) in [6.07, 6.45) is 2.04. The van der Waals surface area contributed by atoms with Gasteiger partial charge in [-0.15, -0.1) is 21.4 Å². The van der Waals surface area contributed by atoms with Crippen LogP contribution in [-0.4, -0.2) is 14.1 Å². The summed E-state index contributed by atoms with van der Waals surface area (Å²) in [5, 5.41) is 7.40. The van der Waals surface area contributed by atoms with Crippen molar-refractivity contribution in [3.8, 4) is 22.5 Å². The van der Waals surface area contributed by atoms with E-state index in [1.807, 2.05) is 6.20 Å². The van der Waals surface area contributed by atoms with E-state index in [0.717, 1.165) is 27.3 Å². The lowest BCUT2D eigenvalue weighted by Crippen LogP contribution is -2.05. The molecule has 13 aromatic rings. The van der Waals surface area contributed by atoms with Gasteiger partial charge in [-0.25, -0.2) is 4.98 Å². The van der Waals surface area contributed by atoms with Crippen molar-refractivity contribution >= 4 is 85.3 Å². The van der Waals surface area contributed by atoms with E-state index in [4.69, 9.17) is 4.98 Å². The highest BCUT2D eigenvalue weighted by atomic mass is 32.3. The fourth-order valence-corrected chi connectivity index (χ4v) is 14.9. The van der Waals surface area contributed by atoms with E-state index in [2.05, 4.69) is 240 Å². The molecule has 0 unspecified atom stereocenters. The Balaban J connectivity index is 0.931. The number of hydrogen-bond donors (Lipinski definition) is 0. The van der Waals surface area contributed by atoms with Gasteiger partial charge in [-0.3, -0.25) is 0 Å². The third kappa shape index (κ3) is 5.58. The number of para-hydroxylation sites is 3. The lowest BCUT2D eigenvalue weighted by atomic mass is 10.1. The van der Waals surface area contributed by atoms with Gasteiger partial charge < -0.3 is 9.13 Å². The molecule has 0 atom stereocenters. The standard InChI is InChI=1S/C59H39N3S2/c1-4-16-44(17-5-1)64(45-18-6-2-7-19-45,46-20-8-3-9-21-46)47-32-28-40(29-33-47)41-36-53-52-38-43(31-35-58(52)63-59(53)60-39-41)62-56-27-15-12-24-50(56)51-37-42(30-34-57(51)62)61-54-25-13-10-22-48(54)49-23-11-14-26-55(49)61/h1-39H. The molecule has 9 aromatic carbocycles. The van der Waals surface area contributed by atoms with Crippen molar-refractivity contribution < 1.29 is 0 Å². The van der Waals surface area contributed by atoms with E-state index in [9.17, 15) is 0 Å². The minimum Gasteiger partial charge on any atom is -0.309 e. The predicted octanol–water partition coefficient (Wildman–Crippen LogP) is 16.7. The van der Waals surface area contributed by atoms with Gasteiger partial charge in [0.25, 0.3) is 0 Å². The van der Waals surface area contributed by atoms with Gasteiger partial charge in [0.15, 0.2) is 0 Å². The van der Waals surface area contributed by atoms with Gasteiger partial charge in [-0.2, -0.15) is 0 Å². The molecule has 0 fully saturated rings. The molecule has 0 spiro atoms. The van der Waals surface area contributed by atoms with Gasteiger partial charge in [0.1, 0.15) is 4.83 Å². The first kappa shape index (κ1) is 36.9. The summed E-state index contributed by atoms with van der Waals surface area (Å²) in [5.41, 5.74) is 9.36. The fourth-order valence-electron chi connectivity index (χ4n) is 10.1. The van der Waals surface area contributed by atoms with Crippen LogP contribution in [0, 0.1) is 0 Å². The highest BCUT2D eigenvalue weighted by Crippen LogP contribution is 2.73. The largest absolute Gasteiger partial charge is 0.309 e. The summed E-state index contributed by atoms with van der Waals surface area (Å²) in [5.74, 6) is 0. The number of aromatic nitrogens is 3. The number of nitrogens with zero attached hydrogens (tertiary/aromatic N) is 3. The highest BCUT2D eigenvalue weighted by Gasteiger charge is 2.33. The van der Waals surface area contributed by atoms with E-state index in [0.29, 0.717) is 0 Å². The summed E-state index contributed by atoms with van der Waals surface area (Å²) in [6.45, 7) is 0. The Bertz CT molecular complexity index is 3740. The minimum absolute atomic E-state index is 1.05. The minimum atomic E-state index is -1.77. The van der Waals surface area contributed by atoms with Crippen LogP contribution in [0.4, 0.5) is 0 Å². The summed E-state index contributed by atoms with van der Waals surface area (Å²) < 4.78 is 6.07. The maximum atomic E-state index is 5.09. The molecule has 5 heteroatoms. The first-order chi connectivity index (χ1) is 31.7. The van der Waals surface area contributed by atoms with Crippen LogP contribution >= 0.6 is 21.4 Å². The van der Waals surface area contributed by atoms with Crippen LogP contribution in [0.3, 0.4) is 0 Å². The van der Waals surface area contributed by atoms with Crippen molar-refractivity contribution in [2.24, 2.45) is 0 Å². The Labute approximate surface area is 376 Å². The van der Waals surface area contributed by atoms with E-state index >= 15 is 0 Å². The molecule has 13 rings (SSSR count). The van der Waals surface area contributed by atoms with Gasteiger partial charge in [0, 0.05) is 79.7 Å². The molecule has 0 aliphatic rings. The molecule has 0 N–H and O–H groups in total. The number of fused-ring (bicyclic) bond motifs is 9. The Morgan fingerprint density at radius 3 is 1.31 bits per heavy atom. The number of thiophene rings is 1. The average molecular weight is 854 g/mol. The number of pyridine rings is 1. The molecule has 64 heavy (non-hydrogen) atoms. The molecular weight excluding hydrogens is 815 g/mol. The zero-order chi connectivity index (χ0) is 42.2. The topological polar surface area (TPSA) is 22.8 Å². The van der Waals surface area contributed by atoms with Gasteiger partial charge in [0.2, 0.25) is 0 Å². The highest BCUT2D eigenvalue weighted by molar-refractivity contribution is 8.34. The van der Waals surface area contributed by atoms with Crippen LogP contribution in [0.2, 0.25) is 0 Å². The smallest absolute Gasteiger partial charge is 0.124 e. The molecule has 0 saturated carbocycles. The molecule has 0 aliphatic carbocycles. The SMILES string of the molecule is c1ccc(S(c2ccccc2)(c2ccccc2)c2ccc(-c3cnc4sc5ccc(-n6c7ccccc7c7cc(-n8c9ccccc9c9ccccc98)ccc76)cc5c4c3)cc2)cc1. The van der Waals surface area contributed by atoms with Gasteiger partial charge in [0.05, 0.1) is 22.1 Å². The van der Waals surface area contributed by atoms with Crippen molar-refractivity contribution in [1.82, 2.24) is 14.1 Å². The van der Waals surface area contributed by atoms with Gasteiger partial charge in [-0.1, -0.05) is 121 Å². The second kappa shape index (κ2) is 14.7. The normalized spacial score (nSPS) is 12.3. The summed E-state index contributed by atoms with van der Waals surface area (Å²) in [7, 11) is -1.77. The quantitative estimate of drug-likeness (QED) is 0.157. The van der Waals surface area contributed by atoms with Crippen LogP contribution in [0.25, 0.3) is 86.4 Å². The third-order valence-electron chi connectivity index (χ3n) is 12.9. The van der Waals surface area contributed by atoms with Crippen LogP contribution in [0.15, 0.2) is 256 Å². The van der Waals surface area contributed by atoms with E-state index < -0.39 is 10.0 Å². The Hall–Kier alpha value is -7.70. The summed E-state index contributed by atoms with van der Waals surface area (Å²) >= 11 is 1.76. The van der Waals surface area contributed by atoms with Crippen LogP contribution in [-0.2, 0) is 0 Å². The monoisotopic (exact) mass is 853 g/mol. The lowest BCUT2D eigenvalue weighted by Gasteiger charge is -2.42. The van der Waals surface area contributed by atoms with Crippen molar-refractivity contribution in [1.29, 1.82) is 0 Å². The Morgan fingerprint density at radius 2 is 0.766 bits per heavy atom. The zero-order valence-electron chi connectivity index (χ0n) is 34.7. The summed E-state index contributed by atoms with van der Waals surface area (Å²) in [4.78, 5) is 11.4. The summed E-state index contributed by atoms with van der Waals surface area (Å²) in [6, 6.07) is 84.8. The van der Waals surface area contributed by atoms with E-state index in [-0.39, 0.29) is 0 Å². The maximum absolute atomic E-state index is 5.09. The fraction of sp³-hybridized carbons (Fsp3) is 0. The molecule has 0 aliphatic heterocycles. The van der Waals surface area contributed by atoms with Crippen LogP contribution in [0.5, 0.6) is 0 Å². The molecular formula is C59H39N3S2. The first-order valence-electron chi connectivity index (χ1n) is 21.7. The van der Waals surface area contributed by atoms with Crippen LogP contribution < -0.4 is 0 Å². The molecule has 0 saturated heterocycles. The Morgan fingerprint density at radius 1 is 0.328 bits per heavy atom. The van der Waals surface area contributed by atoms with Crippen molar-refractivity contribution in [3.05, 3.63) is 237 Å². The first-order valence-corrected chi connectivity index (χ1v) is 24.1. The second-order valence-electron chi connectivity index (χ2n) is 16.4. The van der Waals surface area contributed by atoms with Gasteiger partial charge >= 0.3 is 0 Å². The predicted molar refractivity (Wildman–Crippen MR) is 271 cm³/mol. The third-order valence-corrected chi connectivity index (χ3v) is 17.9. The van der Waals surface area contributed by atoms with Crippen molar-refractivity contribution in [2.75, 3.05) is 0 Å². The number of rotatable bonds is 7.